The van der Waals surface area contributed by atoms with Crippen LogP contribution in [-0.2, 0) is 6.61 Å². The molecular formula is C12H20BN2O+. The predicted octanol–water partition coefficient (Wildman–Crippen LogP) is 1.02. The molecule has 86 valence electrons. The summed E-state index contributed by atoms with van der Waals surface area (Å²) in [6, 6.07) is 3.88. The Balaban J connectivity index is 0.000000606. The summed E-state index contributed by atoms with van der Waals surface area (Å²) in [5.41, 5.74) is 1.87. The molecule has 1 fully saturated rings. The van der Waals surface area contributed by atoms with Crippen molar-refractivity contribution < 1.29 is 9.58 Å². The van der Waals surface area contributed by atoms with Crippen molar-refractivity contribution >= 4 is 13.7 Å². The summed E-state index contributed by atoms with van der Waals surface area (Å²) in [5, 5.41) is 8.96. The average Bonchev–Trinajstić information content (AvgIpc) is 2.85. The molecular weight excluding hydrogens is 199 g/mol. The number of aliphatic hydroxyl groups is 1. The molecule has 0 saturated carbocycles. The first-order valence-electron chi connectivity index (χ1n) is 5.97. The second-order valence-corrected chi connectivity index (χ2v) is 3.64. The predicted molar refractivity (Wildman–Crippen MR) is 66.5 cm³/mol. The third-order valence-corrected chi connectivity index (χ3v) is 2.68. The molecule has 0 bridgehead atoms. The highest BCUT2D eigenvalue weighted by Gasteiger charge is 2.15. The van der Waals surface area contributed by atoms with E-state index in [9.17, 15) is 0 Å². The number of anilines is 1. The third kappa shape index (κ3) is 2.98. The molecule has 1 aromatic rings. The second kappa shape index (κ2) is 6.53. The van der Waals surface area contributed by atoms with Crippen molar-refractivity contribution in [3.63, 3.8) is 0 Å². The van der Waals surface area contributed by atoms with Crippen LogP contribution in [0.3, 0.4) is 0 Å². The first kappa shape index (κ1) is 13.0. The number of rotatable bonds is 2. The first-order valence-corrected chi connectivity index (χ1v) is 5.97. The zero-order chi connectivity index (χ0) is 12.0. The maximum absolute atomic E-state index is 8.96. The lowest BCUT2D eigenvalue weighted by Crippen LogP contribution is -2.37. The van der Waals surface area contributed by atoms with Gasteiger partial charge in [0.25, 0.3) is 0 Å². The van der Waals surface area contributed by atoms with Crippen LogP contribution in [0.25, 0.3) is 0 Å². The number of pyridine rings is 1. The number of hydrogen-bond donors (Lipinski definition) is 1. The fourth-order valence-electron chi connectivity index (χ4n) is 1.83. The molecule has 16 heavy (non-hydrogen) atoms. The summed E-state index contributed by atoms with van der Waals surface area (Å²) in [6.45, 7) is 6.20. The van der Waals surface area contributed by atoms with Crippen LogP contribution in [0.1, 0.15) is 32.4 Å². The van der Waals surface area contributed by atoms with Gasteiger partial charge in [-0.15, -0.1) is 0 Å². The van der Waals surface area contributed by atoms with E-state index in [1.165, 1.54) is 17.3 Å². The minimum atomic E-state index is -0.0171. The molecule has 1 aliphatic rings. The van der Waals surface area contributed by atoms with Gasteiger partial charge in [-0.3, -0.25) is 4.48 Å². The van der Waals surface area contributed by atoms with Crippen molar-refractivity contribution in [3.05, 3.63) is 24.0 Å². The summed E-state index contributed by atoms with van der Waals surface area (Å²) in [6.07, 6.45) is 4.38. The summed E-state index contributed by atoms with van der Waals surface area (Å²) < 4.78 is 1.49. The Morgan fingerprint density at radius 3 is 2.44 bits per heavy atom. The number of nitrogens with zero attached hydrogens (tertiary/aromatic N) is 2. The molecule has 4 heteroatoms. The van der Waals surface area contributed by atoms with Crippen LogP contribution in [0.2, 0.25) is 0 Å². The summed E-state index contributed by atoms with van der Waals surface area (Å²) in [5.74, 6) is 0. The van der Waals surface area contributed by atoms with Crippen molar-refractivity contribution in [2.24, 2.45) is 0 Å². The molecule has 1 aliphatic heterocycles. The lowest BCUT2D eigenvalue weighted by atomic mass is 10.2. The van der Waals surface area contributed by atoms with Gasteiger partial charge < -0.3 is 10.0 Å². The minimum absolute atomic E-state index is 0.0171. The molecule has 2 rings (SSSR count). The van der Waals surface area contributed by atoms with Gasteiger partial charge in [-0.05, 0) is 18.9 Å². The van der Waals surface area contributed by atoms with Crippen LogP contribution in [-0.4, -0.2) is 26.2 Å². The third-order valence-electron chi connectivity index (χ3n) is 2.68. The molecule has 3 nitrogen and oxygen atoms in total. The molecule has 2 radical (unpaired) electrons. The molecule has 2 heterocycles. The van der Waals surface area contributed by atoms with Crippen molar-refractivity contribution in [2.45, 2.75) is 33.3 Å². The summed E-state index contributed by atoms with van der Waals surface area (Å²) in [7, 11) is 5.73. The van der Waals surface area contributed by atoms with E-state index < -0.39 is 0 Å². The summed E-state index contributed by atoms with van der Waals surface area (Å²) >= 11 is 0. The van der Waals surface area contributed by atoms with Gasteiger partial charge in [0.15, 0.2) is 11.9 Å². The van der Waals surface area contributed by atoms with Gasteiger partial charge >= 0.3 is 7.98 Å². The molecule has 1 saturated heterocycles. The largest absolute Gasteiger partial charge is 0.586 e. The van der Waals surface area contributed by atoms with Gasteiger partial charge in [-0.1, -0.05) is 13.8 Å². The molecule has 0 spiro atoms. The lowest BCUT2D eigenvalue weighted by molar-refractivity contribution is -0.533. The zero-order valence-electron chi connectivity index (χ0n) is 10.2. The number of hydrogen-bond acceptors (Lipinski definition) is 2. The monoisotopic (exact) mass is 219 g/mol. The van der Waals surface area contributed by atoms with Gasteiger partial charge in [0.05, 0.1) is 5.69 Å². The normalized spacial score (nSPS) is 14.6. The fourth-order valence-corrected chi connectivity index (χ4v) is 1.83. The van der Waals surface area contributed by atoms with Crippen molar-refractivity contribution in [1.82, 2.24) is 0 Å². The molecule has 0 atom stereocenters. The minimum Gasteiger partial charge on any atom is -0.385 e. The molecule has 0 amide bonds. The quantitative estimate of drug-likeness (QED) is 0.752. The van der Waals surface area contributed by atoms with Crippen LogP contribution >= 0.6 is 0 Å². The molecule has 0 unspecified atom stereocenters. The van der Waals surface area contributed by atoms with Crippen LogP contribution in [0.15, 0.2) is 18.3 Å². The fraction of sp³-hybridized carbons (Fsp3) is 0.583. The topological polar surface area (TPSA) is 27.4 Å². The van der Waals surface area contributed by atoms with Crippen molar-refractivity contribution in [2.75, 3.05) is 18.0 Å². The smallest absolute Gasteiger partial charge is 0.385 e. The van der Waals surface area contributed by atoms with Gasteiger partial charge in [-0.25, -0.2) is 0 Å². The maximum atomic E-state index is 8.96. The molecule has 1 aromatic heterocycles. The van der Waals surface area contributed by atoms with E-state index in [1.807, 2.05) is 32.2 Å². The maximum Gasteiger partial charge on any atom is 0.586 e. The van der Waals surface area contributed by atoms with Gasteiger partial charge in [0.2, 0.25) is 0 Å². The molecule has 0 aromatic carbocycles. The van der Waals surface area contributed by atoms with Crippen molar-refractivity contribution in [1.29, 1.82) is 0 Å². The Hall–Kier alpha value is -1.03. The first-order chi connectivity index (χ1) is 7.81. The van der Waals surface area contributed by atoms with Gasteiger partial charge in [0, 0.05) is 19.2 Å². The van der Waals surface area contributed by atoms with Crippen LogP contribution in [0, 0.1) is 0 Å². The Morgan fingerprint density at radius 1 is 1.31 bits per heavy atom. The standard InChI is InChI=1S/C10H14BN2O.C2H6/c11-13-7-9(3-4-10(13)8-14)12-5-1-2-6-12;1-2/h3-4,7,14H,1-2,5-6,8H2;1-2H3/q+1;. The van der Waals surface area contributed by atoms with Gasteiger partial charge in [0.1, 0.15) is 6.61 Å². The number of aromatic nitrogens is 1. The van der Waals surface area contributed by atoms with E-state index in [2.05, 4.69) is 4.90 Å². The Labute approximate surface area is 99.1 Å². The zero-order valence-corrected chi connectivity index (χ0v) is 10.2. The van der Waals surface area contributed by atoms with E-state index in [4.69, 9.17) is 13.1 Å². The van der Waals surface area contributed by atoms with E-state index >= 15 is 0 Å². The highest BCUT2D eigenvalue weighted by molar-refractivity contribution is 5.95. The van der Waals surface area contributed by atoms with Gasteiger partial charge in [-0.2, -0.15) is 0 Å². The second-order valence-electron chi connectivity index (χ2n) is 3.64. The highest BCUT2D eigenvalue weighted by Crippen LogP contribution is 2.18. The van der Waals surface area contributed by atoms with E-state index in [-0.39, 0.29) is 6.61 Å². The van der Waals surface area contributed by atoms with E-state index in [1.54, 1.807) is 0 Å². The molecule has 1 N–H and O–H groups in total. The van der Waals surface area contributed by atoms with Crippen LogP contribution in [0.5, 0.6) is 0 Å². The van der Waals surface area contributed by atoms with Crippen LogP contribution < -0.4 is 9.38 Å². The van der Waals surface area contributed by atoms with Crippen LogP contribution in [0.4, 0.5) is 5.69 Å². The Kier molecular flexibility index (Phi) is 5.33. The molecule has 0 aliphatic carbocycles. The summed E-state index contributed by atoms with van der Waals surface area (Å²) in [4.78, 5) is 2.31. The van der Waals surface area contributed by atoms with E-state index in [0.29, 0.717) is 0 Å². The average molecular weight is 219 g/mol. The van der Waals surface area contributed by atoms with Crippen molar-refractivity contribution in [3.8, 4) is 0 Å². The number of aliphatic hydroxyl groups excluding tert-OH is 1. The SMILES string of the molecule is CC.[B][n+]1cc(N2CCCC2)ccc1CO. The highest BCUT2D eigenvalue weighted by atomic mass is 16.3. The van der Waals surface area contributed by atoms with E-state index in [0.717, 1.165) is 24.5 Å². The Bertz CT molecular complexity index is 325. The lowest BCUT2D eigenvalue weighted by Gasteiger charge is -2.16. The Morgan fingerprint density at radius 2 is 1.94 bits per heavy atom.